The quantitative estimate of drug-likeness (QED) is 0.674. The van der Waals surface area contributed by atoms with Gasteiger partial charge in [-0.2, -0.15) is 0 Å². The van der Waals surface area contributed by atoms with E-state index >= 15 is 0 Å². The smallest absolute Gasteiger partial charge is 0.155 e. The van der Waals surface area contributed by atoms with Gasteiger partial charge in [0.2, 0.25) is 0 Å². The number of hydrogen-bond donors (Lipinski definition) is 1. The molecular weight excluding hydrogens is 262 g/mol. The molecule has 0 saturated heterocycles. The summed E-state index contributed by atoms with van der Waals surface area (Å²) in [5.41, 5.74) is 3.76. The summed E-state index contributed by atoms with van der Waals surface area (Å²) in [4.78, 5) is 5.46. The first-order valence-corrected chi connectivity index (χ1v) is 6.71. The molecule has 0 amide bonds. The van der Waals surface area contributed by atoms with Crippen molar-refractivity contribution in [3.05, 3.63) is 84.9 Å². The van der Waals surface area contributed by atoms with E-state index in [-0.39, 0.29) is 0 Å². The Kier molecular flexibility index (Phi) is 4.03. The lowest BCUT2D eigenvalue weighted by Crippen LogP contribution is -2.03. The standard InChI is InChI=1S/C18H15NO2/c1-3-7-16(8-4-1)20-17-13-11-15(12-14-17)19-21-18-9-5-2-6-10-18/h1-14,19H. The van der Waals surface area contributed by atoms with Crippen LogP contribution in [0.25, 0.3) is 0 Å². The summed E-state index contributed by atoms with van der Waals surface area (Å²) in [6.45, 7) is 0. The summed E-state index contributed by atoms with van der Waals surface area (Å²) < 4.78 is 5.73. The molecule has 0 radical (unpaired) electrons. The normalized spacial score (nSPS) is 9.90. The van der Waals surface area contributed by atoms with E-state index in [1.54, 1.807) is 0 Å². The fraction of sp³-hybridized carbons (Fsp3) is 0. The highest BCUT2D eigenvalue weighted by Gasteiger charge is 1.98. The molecule has 0 aliphatic heterocycles. The predicted octanol–water partition coefficient (Wildman–Crippen LogP) is 4.88. The van der Waals surface area contributed by atoms with Crippen LogP contribution in [0.5, 0.6) is 17.2 Å². The highest BCUT2D eigenvalue weighted by Crippen LogP contribution is 2.22. The van der Waals surface area contributed by atoms with Crippen molar-refractivity contribution in [2.24, 2.45) is 0 Å². The van der Waals surface area contributed by atoms with E-state index in [4.69, 9.17) is 9.57 Å². The third kappa shape index (κ3) is 3.76. The van der Waals surface area contributed by atoms with Crippen LogP contribution in [0.2, 0.25) is 0 Å². The third-order valence-electron chi connectivity index (χ3n) is 2.86. The Hall–Kier alpha value is -2.94. The van der Waals surface area contributed by atoms with E-state index < -0.39 is 0 Å². The number of anilines is 1. The number of para-hydroxylation sites is 2. The van der Waals surface area contributed by atoms with Crippen molar-refractivity contribution in [2.45, 2.75) is 0 Å². The van der Waals surface area contributed by atoms with Crippen molar-refractivity contribution in [2.75, 3.05) is 5.48 Å². The Morgan fingerprint density at radius 1 is 0.524 bits per heavy atom. The number of ether oxygens (including phenoxy) is 1. The topological polar surface area (TPSA) is 30.5 Å². The maximum absolute atomic E-state index is 5.73. The maximum Gasteiger partial charge on any atom is 0.155 e. The molecule has 0 bridgehead atoms. The van der Waals surface area contributed by atoms with Gasteiger partial charge in [0, 0.05) is 0 Å². The summed E-state index contributed by atoms with van der Waals surface area (Å²) in [6.07, 6.45) is 0. The monoisotopic (exact) mass is 277 g/mol. The van der Waals surface area contributed by atoms with Crippen LogP contribution in [0.15, 0.2) is 84.9 Å². The first-order valence-electron chi connectivity index (χ1n) is 6.71. The summed E-state index contributed by atoms with van der Waals surface area (Å²) in [7, 11) is 0. The van der Waals surface area contributed by atoms with E-state index in [1.807, 2.05) is 84.9 Å². The molecule has 0 saturated carbocycles. The van der Waals surface area contributed by atoms with Gasteiger partial charge in [-0.3, -0.25) is 0 Å². The molecule has 0 heterocycles. The molecule has 3 rings (SSSR count). The summed E-state index contributed by atoms with van der Waals surface area (Å²) in [6, 6.07) is 26.9. The average molecular weight is 277 g/mol. The Balaban J connectivity index is 1.59. The van der Waals surface area contributed by atoms with Gasteiger partial charge in [0.05, 0.1) is 5.69 Å². The Bertz CT molecular complexity index is 667. The molecule has 0 spiro atoms. The lowest BCUT2D eigenvalue weighted by molar-refractivity contribution is 0.405. The largest absolute Gasteiger partial charge is 0.457 e. The molecule has 0 atom stereocenters. The Morgan fingerprint density at radius 3 is 1.67 bits per heavy atom. The van der Waals surface area contributed by atoms with Gasteiger partial charge in [-0.15, -0.1) is 0 Å². The molecule has 0 unspecified atom stereocenters. The van der Waals surface area contributed by atoms with Gasteiger partial charge in [0.25, 0.3) is 0 Å². The third-order valence-corrected chi connectivity index (χ3v) is 2.86. The second kappa shape index (κ2) is 6.48. The van der Waals surface area contributed by atoms with Crippen LogP contribution >= 0.6 is 0 Å². The van der Waals surface area contributed by atoms with Gasteiger partial charge in [0.15, 0.2) is 5.75 Å². The number of rotatable bonds is 5. The molecule has 3 aromatic carbocycles. The zero-order valence-corrected chi connectivity index (χ0v) is 11.4. The minimum atomic E-state index is 0.766. The van der Waals surface area contributed by atoms with Gasteiger partial charge in [-0.1, -0.05) is 36.4 Å². The van der Waals surface area contributed by atoms with Gasteiger partial charge < -0.3 is 9.57 Å². The SMILES string of the molecule is c1ccc(ONc2ccc(Oc3ccccc3)cc2)cc1. The molecular formula is C18H15NO2. The van der Waals surface area contributed by atoms with Gasteiger partial charge in [-0.05, 0) is 48.5 Å². The molecule has 3 aromatic rings. The number of nitrogens with one attached hydrogen (secondary N) is 1. The van der Waals surface area contributed by atoms with Crippen LogP contribution in [0.1, 0.15) is 0 Å². The van der Waals surface area contributed by atoms with E-state index in [2.05, 4.69) is 5.48 Å². The highest BCUT2D eigenvalue weighted by molar-refractivity contribution is 5.46. The molecule has 0 fully saturated rings. The lowest BCUT2D eigenvalue weighted by Gasteiger charge is -2.09. The van der Waals surface area contributed by atoms with Crippen molar-refractivity contribution >= 4 is 5.69 Å². The second-order valence-corrected chi connectivity index (χ2v) is 4.46. The van der Waals surface area contributed by atoms with Crippen LogP contribution in [-0.2, 0) is 0 Å². The maximum atomic E-state index is 5.73. The van der Waals surface area contributed by atoms with E-state index in [0.717, 1.165) is 22.9 Å². The van der Waals surface area contributed by atoms with Crippen LogP contribution in [0, 0.1) is 0 Å². The van der Waals surface area contributed by atoms with E-state index in [1.165, 1.54) is 0 Å². The molecule has 3 heteroatoms. The first-order chi connectivity index (χ1) is 10.4. The van der Waals surface area contributed by atoms with Crippen LogP contribution in [0.4, 0.5) is 5.69 Å². The second-order valence-electron chi connectivity index (χ2n) is 4.46. The van der Waals surface area contributed by atoms with Crippen molar-refractivity contribution in [1.29, 1.82) is 0 Å². The molecule has 3 nitrogen and oxygen atoms in total. The van der Waals surface area contributed by atoms with Gasteiger partial charge in [0.1, 0.15) is 11.5 Å². The predicted molar refractivity (Wildman–Crippen MR) is 83.7 cm³/mol. The zero-order valence-electron chi connectivity index (χ0n) is 11.4. The number of benzene rings is 3. The minimum Gasteiger partial charge on any atom is -0.457 e. The van der Waals surface area contributed by atoms with Gasteiger partial charge in [-0.25, -0.2) is 5.48 Å². The van der Waals surface area contributed by atoms with E-state index in [9.17, 15) is 0 Å². The summed E-state index contributed by atoms with van der Waals surface area (Å²) >= 11 is 0. The Labute approximate surface area is 123 Å². The molecule has 0 aliphatic carbocycles. The minimum absolute atomic E-state index is 0.766. The van der Waals surface area contributed by atoms with Crippen molar-refractivity contribution in [1.82, 2.24) is 0 Å². The van der Waals surface area contributed by atoms with Gasteiger partial charge >= 0.3 is 0 Å². The summed E-state index contributed by atoms with van der Waals surface area (Å²) in [5, 5.41) is 0. The van der Waals surface area contributed by atoms with Crippen molar-refractivity contribution < 1.29 is 9.57 Å². The van der Waals surface area contributed by atoms with Crippen molar-refractivity contribution in [3.63, 3.8) is 0 Å². The van der Waals surface area contributed by atoms with Crippen LogP contribution in [-0.4, -0.2) is 0 Å². The van der Waals surface area contributed by atoms with Crippen LogP contribution in [0.3, 0.4) is 0 Å². The number of hydrogen-bond acceptors (Lipinski definition) is 3. The molecule has 104 valence electrons. The molecule has 0 aliphatic rings. The van der Waals surface area contributed by atoms with Crippen LogP contribution < -0.4 is 15.1 Å². The fourth-order valence-electron chi connectivity index (χ4n) is 1.82. The molecule has 0 aromatic heterocycles. The fourth-order valence-corrected chi connectivity index (χ4v) is 1.82. The zero-order chi connectivity index (χ0) is 14.3. The summed E-state index contributed by atoms with van der Waals surface area (Å²) in [5.74, 6) is 2.37. The lowest BCUT2D eigenvalue weighted by atomic mass is 10.3. The Morgan fingerprint density at radius 2 is 1.05 bits per heavy atom. The molecule has 1 N–H and O–H groups in total. The highest BCUT2D eigenvalue weighted by atomic mass is 16.6. The first kappa shape index (κ1) is 13.1. The van der Waals surface area contributed by atoms with E-state index in [0.29, 0.717) is 0 Å². The average Bonchev–Trinajstić information content (AvgIpc) is 2.56. The molecule has 21 heavy (non-hydrogen) atoms. The van der Waals surface area contributed by atoms with Crippen molar-refractivity contribution in [3.8, 4) is 17.2 Å².